The molecule has 21 heavy (non-hydrogen) atoms. The molecule has 2 aliphatic rings. The second kappa shape index (κ2) is 7.13. The molecule has 1 saturated heterocycles. The average molecular weight is 294 g/mol. The minimum Gasteiger partial charge on any atom is -0.322 e. The highest BCUT2D eigenvalue weighted by Crippen LogP contribution is 2.36. The van der Waals surface area contributed by atoms with Gasteiger partial charge in [0, 0.05) is 6.04 Å². The third-order valence-electron chi connectivity index (χ3n) is 5.45. The van der Waals surface area contributed by atoms with Crippen LogP contribution >= 0.6 is 0 Å². The minimum atomic E-state index is 0.0592. The van der Waals surface area contributed by atoms with Crippen molar-refractivity contribution in [2.24, 2.45) is 17.8 Å². The molecule has 3 heteroatoms. The quantitative estimate of drug-likeness (QED) is 0.837. The molecule has 1 N–H and O–H groups in total. The molecule has 5 atom stereocenters. The summed E-state index contributed by atoms with van der Waals surface area (Å²) in [5.41, 5.74) is 0. The third kappa shape index (κ3) is 3.61. The molecule has 3 nitrogen and oxygen atoms in total. The van der Waals surface area contributed by atoms with Crippen molar-refractivity contribution in [2.45, 2.75) is 91.4 Å². The summed E-state index contributed by atoms with van der Waals surface area (Å²) in [6, 6.07) is 0.504. The number of unbranched alkanes of at least 4 members (excludes halogenated alkanes) is 1. The van der Waals surface area contributed by atoms with Crippen molar-refractivity contribution in [1.82, 2.24) is 10.2 Å². The first-order valence-corrected chi connectivity index (χ1v) is 9.03. The Morgan fingerprint density at radius 3 is 2.57 bits per heavy atom. The van der Waals surface area contributed by atoms with E-state index in [2.05, 4.69) is 44.8 Å². The number of hydrogen-bond acceptors (Lipinski definition) is 2. The average Bonchev–Trinajstić information content (AvgIpc) is 2.74. The Hall–Kier alpha value is -0.570. The van der Waals surface area contributed by atoms with Gasteiger partial charge < -0.3 is 4.90 Å². The van der Waals surface area contributed by atoms with Crippen LogP contribution in [0, 0.1) is 17.8 Å². The van der Waals surface area contributed by atoms with Crippen LogP contribution in [0.5, 0.6) is 0 Å². The maximum Gasteiger partial charge on any atom is 0.241 e. The normalized spacial score (nSPS) is 37.5. The first-order chi connectivity index (χ1) is 9.95. The summed E-state index contributed by atoms with van der Waals surface area (Å²) in [7, 11) is 0. The molecule has 122 valence electrons. The molecule has 1 aliphatic carbocycles. The van der Waals surface area contributed by atoms with E-state index in [4.69, 9.17) is 0 Å². The van der Waals surface area contributed by atoms with Crippen molar-refractivity contribution >= 4 is 5.91 Å². The van der Waals surface area contributed by atoms with Gasteiger partial charge in [0.05, 0.1) is 12.2 Å². The van der Waals surface area contributed by atoms with Gasteiger partial charge in [0.1, 0.15) is 0 Å². The van der Waals surface area contributed by atoms with Crippen molar-refractivity contribution in [1.29, 1.82) is 0 Å². The van der Waals surface area contributed by atoms with Gasteiger partial charge in [-0.15, -0.1) is 0 Å². The smallest absolute Gasteiger partial charge is 0.241 e. The van der Waals surface area contributed by atoms with E-state index >= 15 is 0 Å². The lowest BCUT2D eigenvalue weighted by Crippen LogP contribution is -2.51. The lowest BCUT2D eigenvalue weighted by atomic mass is 9.78. The van der Waals surface area contributed by atoms with Crippen LogP contribution in [0.2, 0.25) is 0 Å². The van der Waals surface area contributed by atoms with E-state index in [0.29, 0.717) is 23.8 Å². The van der Waals surface area contributed by atoms with Gasteiger partial charge in [-0.25, -0.2) is 0 Å². The summed E-state index contributed by atoms with van der Waals surface area (Å²) >= 11 is 0. The van der Waals surface area contributed by atoms with Gasteiger partial charge >= 0.3 is 0 Å². The molecule has 0 spiro atoms. The third-order valence-corrected chi connectivity index (χ3v) is 5.45. The second-order valence-corrected chi connectivity index (χ2v) is 7.76. The van der Waals surface area contributed by atoms with Crippen molar-refractivity contribution < 1.29 is 4.79 Å². The van der Waals surface area contributed by atoms with Gasteiger partial charge in [-0.05, 0) is 43.4 Å². The first kappa shape index (κ1) is 16.8. The highest BCUT2D eigenvalue weighted by Gasteiger charge is 2.45. The molecular formula is C18H34N2O. The fraction of sp³-hybridized carbons (Fsp3) is 0.944. The summed E-state index contributed by atoms with van der Waals surface area (Å²) in [4.78, 5) is 15.2. The van der Waals surface area contributed by atoms with Crippen molar-refractivity contribution in [2.75, 3.05) is 0 Å². The zero-order chi connectivity index (χ0) is 15.6. The molecule has 0 bridgehead atoms. The van der Waals surface area contributed by atoms with E-state index in [0.717, 1.165) is 25.2 Å². The second-order valence-electron chi connectivity index (χ2n) is 7.76. The SMILES string of the molecule is CCCCC1NC(C(C)C)N(C2CCC(C)CC2C)C1=O. The molecule has 0 radical (unpaired) electrons. The van der Waals surface area contributed by atoms with Crippen LogP contribution in [0.4, 0.5) is 0 Å². The summed E-state index contributed by atoms with van der Waals surface area (Å²) < 4.78 is 0. The monoisotopic (exact) mass is 294 g/mol. The van der Waals surface area contributed by atoms with Gasteiger partial charge in [-0.1, -0.05) is 47.5 Å². The predicted molar refractivity (Wildman–Crippen MR) is 87.9 cm³/mol. The molecule has 1 saturated carbocycles. The zero-order valence-corrected chi connectivity index (χ0v) is 14.6. The lowest BCUT2D eigenvalue weighted by Gasteiger charge is -2.42. The fourth-order valence-corrected chi connectivity index (χ4v) is 4.24. The number of carbonyl (C=O) groups is 1. The van der Waals surface area contributed by atoms with E-state index < -0.39 is 0 Å². The number of carbonyl (C=O) groups excluding carboxylic acids is 1. The molecule has 5 unspecified atom stereocenters. The fourth-order valence-electron chi connectivity index (χ4n) is 4.24. The zero-order valence-electron chi connectivity index (χ0n) is 14.6. The Bertz CT molecular complexity index is 355. The topological polar surface area (TPSA) is 32.3 Å². The largest absolute Gasteiger partial charge is 0.322 e. The number of hydrogen-bond donors (Lipinski definition) is 1. The number of nitrogens with zero attached hydrogens (tertiary/aromatic N) is 1. The molecule has 2 fully saturated rings. The molecule has 0 aromatic heterocycles. The Kier molecular flexibility index (Phi) is 5.70. The Labute approximate surface area is 130 Å². The van der Waals surface area contributed by atoms with E-state index in [1.54, 1.807) is 0 Å². The van der Waals surface area contributed by atoms with Crippen molar-refractivity contribution in [3.05, 3.63) is 0 Å². The molecular weight excluding hydrogens is 260 g/mol. The van der Waals surface area contributed by atoms with Crippen LogP contribution in [0.25, 0.3) is 0 Å². The van der Waals surface area contributed by atoms with E-state index in [9.17, 15) is 4.79 Å². The van der Waals surface area contributed by atoms with Gasteiger partial charge in [-0.2, -0.15) is 0 Å². The van der Waals surface area contributed by atoms with Crippen LogP contribution in [0.1, 0.15) is 73.1 Å². The van der Waals surface area contributed by atoms with Crippen molar-refractivity contribution in [3.63, 3.8) is 0 Å². The first-order valence-electron chi connectivity index (χ1n) is 9.03. The Morgan fingerprint density at radius 1 is 1.29 bits per heavy atom. The molecule has 0 aromatic rings. The number of nitrogens with one attached hydrogen (secondary N) is 1. The molecule has 0 aromatic carbocycles. The van der Waals surface area contributed by atoms with E-state index in [1.165, 1.54) is 19.3 Å². The molecule has 1 amide bonds. The Balaban J connectivity index is 2.12. The standard InChI is InChI=1S/C18H34N2O/c1-6-7-8-15-18(21)20(17(19-15)12(2)3)16-10-9-13(4)11-14(16)5/h12-17,19H,6-11H2,1-5H3. The maximum absolute atomic E-state index is 12.9. The summed E-state index contributed by atoms with van der Waals surface area (Å²) in [6.45, 7) is 11.3. The highest BCUT2D eigenvalue weighted by molar-refractivity contribution is 5.84. The summed E-state index contributed by atoms with van der Waals surface area (Å²) in [5.74, 6) is 2.29. The maximum atomic E-state index is 12.9. The summed E-state index contributed by atoms with van der Waals surface area (Å²) in [6.07, 6.45) is 7.24. The van der Waals surface area contributed by atoms with Gasteiger partial charge in [0.2, 0.25) is 5.91 Å². The van der Waals surface area contributed by atoms with E-state index in [-0.39, 0.29) is 12.2 Å². The summed E-state index contributed by atoms with van der Waals surface area (Å²) in [5, 5.41) is 3.63. The number of amides is 1. The van der Waals surface area contributed by atoms with Crippen LogP contribution < -0.4 is 5.32 Å². The Morgan fingerprint density at radius 2 is 2.00 bits per heavy atom. The predicted octanol–water partition coefficient (Wildman–Crippen LogP) is 3.78. The highest BCUT2D eigenvalue weighted by atomic mass is 16.2. The minimum absolute atomic E-state index is 0.0592. The number of rotatable bonds is 5. The van der Waals surface area contributed by atoms with E-state index in [1.807, 2.05) is 0 Å². The van der Waals surface area contributed by atoms with Crippen LogP contribution in [0.15, 0.2) is 0 Å². The molecule has 1 aliphatic heterocycles. The van der Waals surface area contributed by atoms with Gasteiger partial charge in [-0.3, -0.25) is 10.1 Å². The van der Waals surface area contributed by atoms with Gasteiger partial charge in [0.25, 0.3) is 0 Å². The van der Waals surface area contributed by atoms with Crippen LogP contribution in [-0.2, 0) is 4.79 Å². The van der Waals surface area contributed by atoms with Crippen LogP contribution in [-0.4, -0.2) is 29.1 Å². The van der Waals surface area contributed by atoms with Crippen LogP contribution in [0.3, 0.4) is 0 Å². The van der Waals surface area contributed by atoms with Crippen molar-refractivity contribution in [3.8, 4) is 0 Å². The van der Waals surface area contributed by atoms with Gasteiger partial charge in [0.15, 0.2) is 0 Å². The lowest BCUT2D eigenvalue weighted by molar-refractivity contribution is -0.135. The molecule has 1 heterocycles. The molecule has 2 rings (SSSR count).